The van der Waals surface area contributed by atoms with Crippen LogP contribution in [0.15, 0.2) is 95.7 Å². The van der Waals surface area contributed by atoms with E-state index in [9.17, 15) is 4.39 Å². The highest BCUT2D eigenvalue weighted by molar-refractivity contribution is 6.10. The molecule has 4 aromatic carbocycles. The average molecular weight is 541 g/mol. The third kappa shape index (κ3) is 4.10. The fourth-order valence-electron chi connectivity index (χ4n) is 5.82. The van der Waals surface area contributed by atoms with Crippen molar-refractivity contribution in [3.05, 3.63) is 108 Å². The van der Waals surface area contributed by atoms with E-state index >= 15 is 0 Å². The molecule has 0 radical (unpaired) electrons. The second-order valence-corrected chi connectivity index (χ2v) is 11.1. The smallest absolute Gasteiger partial charge is 0.149 e. The Morgan fingerprint density at radius 1 is 0.732 bits per heavy atom. The van der Waals surface area contributed by atoms with Crippen molar-refractivity contribution in [1.82, 2.24) is 19.7 Å². The molecule has 5 nitrogen and oxygen atoms in total. The molecular formula is C35H29FN4O. The number of furan rings is 1. The first-order valence-corrected chi connectivity index (χ1v) is 13.9. The highest BCUT2D eigenvalue weighted by Gasteiger charge is 2.24. The highest BCUT2D eigenvalue weighted by atomic mass is 19.1. The highest BCUT2D eigenvalue weighted by Crippen LogP contribution is 2.41. The van der Waals surface area contributed by atoms with Crippen LogP contribution in [0.2, 0.25) is 0 Å². The Morgan fingerprint density at radius 3 is 2.15 bits per heavy atom. The van der Waals surface area contributed by atoms with Crippen molar-refractivity contribution < 1.29 is 8.81 Å². The maximum Gasteiger partial charge on any atom is 0.149 e. The number of para-hydroxylation sites is 2. The monoisotopic (exact) mass is 540 g/mol. The second kappa shape index (κ2) is 9.66. The molecule has 3 heterocycles. The Kier molecular flexibility index (Phi) is 5.93. The molecule has 202 valence electrons. The molecule has 3 aromatic heterocycles. The van der Waals surface area contributed by atoms with Gasteiger partial charge in [-0.2, -0.15) is 10.2 Å². The lowest BCUT2D eigenvalue weighted by Gasteiger charge is -2.22. The predicted octanol–water partition coefficient (Wildman–Crippen LogP) is 9.43. The van der Waals surface area contributed by atoms with E-state index in [4.69, 9.17) is 9.40 Å². The molecule has 0 atom stereocenters. The summed E-state index contributed by atoms with van der Waals surface area (Å²) in [7, 11) is 0. The lowest BCUT2D eigenvalue weighted by molar-refractivity contribution is 0.628. The van der Waals surface area contributed by atoms with Crippen LogP contribution in [-0.2, 0) is 0 Å². The Morgan fingerprint density at radius 2 is 1.41 bits per heavy atom. The van der Waals surface area contributed by atoms with Gasteiger partial charge in [-0.25, -0.2) is 9.37 Å². The molecule has 0 saturated carbocycles. The summed E-state index contributed by atoms with van der Waals surface area (Å²) in [4.78, 5) is 5.12. The van der Waals surface area contributed by atoms with E-state index < -0.39 is 0 Å². The van der Waals surface area contributed by atoms with Gasteiger partial charge >= 0.3 is 0 Å². The molecule has 0 N–H and O–H groups in total. The van der Waals surface area contributed by atoms with Crippen LogP contribution in [0.25, 0.3) is 61.2 Å². The van der Waals surface area contributed by atoms with Gasteiger partial charge in [0.2, 0.25) is 0 Å². The molecule has 0 amide bonds. The van der Waals surface area contributed by atoms with Gasteiger partial charge in [-0.15, -0.1) is 0 Å². The van der Waals surface area contributed by atoms with Crippen molar-refractivity contribution in [2.75, 3.05) is 0 Å². The summed E-state index contributed by atoms with van der Waals surface area (Å²) in [5.41, 5.74) is 9.63. The SMILES string of the molecule is CC(C)c1cccc(C(C)C)c1-n1c(-c2cccc3c2oc2cc(-c4ccc(F)cc4)ccc23)nc2cnncc21. The molecule has 0 aliphatic rings. The van der Waals surface area contributed by atoms with Gasteiger partial charge in [-0.05, 0) is 64.4 Å². The number of rotatable bonds is 5. The summed E-state index contributed by atoms with van der Waals surface area (Å²) in [6.45, 7) is 8.89. The lowest BCUT2D eigenvalue weighted by atomic mass is 9.92. The first-order chi connectivity index (χ1) is 19.9. The van der Waals surface area contributed by atoms with Crippen molar-refractivity contribution in [3.8, 4) is 28.2 Å². The van der Waals surface area contributed by atoms with Gasteiger partial charge in [0.25, 0.3) is 0 Å². The summed E-state index contributed by atoms with van der Waals surface area (Å²) in [5, 5.41) is 10.4. The maximum atomic E-state index is 13.5. The van der Waals surface area contributed by atoms with Crippen LogP contribution in [0, 0.1) is 5.82 Å². The van der Waals surface area contributed by atoms with Gasteiger partial charge in [0.1, 0.15) is 28.3 Å². The molecular weight excluding hydrogens is 511 g/mol. The lowest BCUT2D eigenvalue weighted by Crippen LogP contribution is -2.08. The quantitative estimate of drug-likeness (QED) is 0.218. The fraction of sp³-hybridized carbons (Fsp3) is 0.171. The summed E-state index contributed by atoms with van der Waals surface area (Å²) in [6.07, 6.45) is 3.51. The number of nitrogens with zero attached hydrogens (tertiary/aromatic N) is 4. The van der Waals surface area contributed by atoms with Crippen molar-refractivity contribution in [1.29, 1.82) is 0 Å². The minimum absolute atomic E-state index is 0.254. The average Bonchev–Trinajstić information content (AvgIpc) is 3.55. The van der Waals surface area contributed by atoms with Crippen LogP contribution in [0.4, 0.5) is 4.39 Å². The van der Waals surface area contributed by atoms with Crippen molar-refractivity contribution >= 4 is 33.0 Å². The Bertz CT molecular complexity index is 2040. The van der Waals surface area contributed by atoms with Crippen molar-refractivity contribution in [2.24, 2.45) is 0 Å². The molecule has 41 heavy (non-hydrogen) atoms. The molecule has 0 saturated heterocycles. The zero-order valence-corrected chi connectivity index (χ0v) is 23.4. The first kappa shape index (κ1) is 25.1. The zero-order chi connectivity index (χ0) is 28.2. The van der Waals surface area contributed by atoms with Gasteiger partial charge in [-0.3, -0.25) is 4.57 Å². The number of halogens is 1. The maximum absolute atomic E-state index is 13.5. The van der Waals surface area contributed by atoms with E-state index in [1.54, 1.807) is 24.5 Å². The normalized spacial score (nSPS) is 12.0. The molecule has 0 fully saturated rings. The van der Waals surface area contributed by atoms with Crippen LogP contribution < -0.4 is 0 Å². The first-order valence-electron chi connectivity index (χ1n) is 13.9. The van der Waals surface area contributed by atoms with E-state index in [1.807, 2.05) is 6.07 Å². The molecule has 0 aliphatic carbocycles. The number of benzene rings is 4. The minimum atomic E-state index is -0.254. The van der Waals surface area contributed by atoms with E-state index in [1.165, 1.54) is 23.3 Å². The fourth-order valence-corrected chi connectivity index (χ4v) is 5.82. The molecule has 7 aromatic rings. The molecule has 0 bridgehead atoms. The summed E-state index contributed by atoms with van der Waals surface area (Å²) >= 11 is 0. The van der Waals surface area contributed by atoms with Gasteiger partial charge in [0, 0.05) is 10.8 Å². The van der Waals surface area contributed by atoms with E-state index in [2.05, 4.69) is 91.0 Å². The van der Waals surface area contributed by atoms with Crippen molar-refractivity contribution in [2.45, 2.75) is 39.5 Å². The second-order valence-electron chi connectivity index (χ2n) is 11.1. The summed E-state index contributed by atoms with van der Waals surface area (Å²) in [6, 6.07) is 25.4. The van der Waals surface area contributed by atoms with Crippen LogP contribution in [-0.4, -0.2) is 19.7 Å². The van der Waals surface area contributed by atoms with E-state index in [0.29, 0.717) is 11.8 Å². The van der Waals surface area contributed by atoms with Gasteiger partial charge < -0.3 is 4.42 Å². The standard InChI is InChI=1S/C35H29FN4O/c1-20(2)25-7-5-8-26(21(3)4)33(25)40-31-19-38-37-18-30(31)39-35(40)29-10-6-9-28-27-16-13-23(17-32(27)41-34(28)29)22-11-14-24(36)15-12-22/h5-21H,1-4H3. The number of hydrogen-bond acceptors (Lipinski definition) is 4. The van der Waals surface area contributed by atoms with Gasteiger partial charge in [0.15, 0.2) is 0 Å². The molecule has 0 aliphatic heterocycles. The Labute approximate surface area is 237 Å². The predicted molar refractivity (Wildman–Crippen MR) is 163 cm³/mol. The minimum Gasteiger partial charge on any atom is -0.455 e. The number of hydrogen-bond donors (Lipinski definition) is 0. The summed E-state index contributed by atoms with van der Waals surface area (Å²) in [5.74, 6) is 1.13. The Hall–Kier alpha value is -4.84. The van der Waals surface area contributed by atoms with Crippen LogP contribution in [0.1, 0.15) is 50.7 Å². The van der Waals surface area contributed by atoms with E-state index in [-0.39, 0.29) is 5.82 Å². The number of imidazole rings is 1. The molecule has 0 unspecified atom stereocenters. The van der Waals surface area contributed by atoms with Crippen LogP contribution in [0.5, 0.6) is 0 Å². The Balaban J connectivity index is 1.52. The zero-order valence-electron chi connectivity index (χ0n) is 23.4. The molecule has 0 spiro atoms. The molecule has 7 rings (SSSR count). The number of aromatic nitrogens is 4. The molecule has 6 heteroatoms. The van der Waals surface area contributed by atoms with Crippen molar-refractivity contribution in [3.63, 3.8) is 0 Å². The van der Waals surface area contributed by atoms with Gasteiger partial charge in [0.05, 0.1) is 29.2 Å². The van der Waals surface area contributed by atoms with Crippen LogP contribution in [0.3, 0.4) is 0 Å². The largest absolute Gasteiger partial charge is 0.455 e. The van der Waals surface area contributed by atoms with Crippen LogP contribution >= 0.6 is 0 Å². The van der Waals surface area contributed by atoms with E-state index in [0.717, 1.165) is 61.2 Å². The number of fused-ring (bicyclic) bond motifs is 4. The summed E-state index contributed by atoms with van der Waals surface area (Å²) < 4.78 is 22.4. The third-order valence-corrected chi connectivity index (χ3v) is 7.85. The van der Waals surface area contributed by atoms with Gasteiger partial charge in [-0.1, -0.05) is 76.2 Å². The third-order valence-electron chi connectivity index (χ3n) is 7.85. The topological polar surface area (TPSA) is 56.7 Å².